The molecule has 1 unspecified atom stereocenters. The summed E-state index contributed by atoms with van der Waals surface area (Å²) in [4.78, 5) is 6.69. The number of anilines is 1. The first-order valence-electron chi connectivity index (χ1n) is 9.77. The Morgan fingerprint density at radius 2 is 1.93 bits per heavy atom. The molecule has 1 saturated heterocycles. The molecular weight excluding hydrogens is 352 g/mol. The van der Waals surface area contributed by atoms with Crippen molar-refractivity contribution >= 4 is 11.6 Å². The van der Waals surface area contributed by atoms with Crippen molar-refractivity contribution in [2.45, 2.75) is 19.1 Å². The Labute approximate surface area is 167 Å². The van der Waals surface area contributed by atoms with E-state index in [0.29, 0.717) is 19.3 Å². The van der Waals surface area contributed by atoms with Gasteiger partial charge in [0.25, 0.3) is 0 Å². The highest BCUT2D eigenvalue weighted by Gasteiger charge is 2.25. The zero-order valence-electron chi connectivity index (χ0n) is 16.7. The molecule has 1 aliphatic rings. The first kappa shape index (κ1) is 20.0. The maximum Gasteiger partial charge on any atom is 0.191 e. The fraction of sp³-hybridized carbons (Fsp3) is 0.409. The molecule has 0 saturated carbocycles. The first-order chi connectivity index (χ1) is 13.8. The van der Waals surface area contributed by atoms with E-state index >= 15 is 0 Å². The van der Waals surface area contributed by atoms with Crippen molar-refractivity contribution in [2.75, 3.05) is 45.3 Å². The van der Waals surface area contributed by atoms with Gasteiger partial charge in [-0.05, 0) is 24.1 Å². The molecule has 2 aromatic carbocycles. The highest BCUT2D eigenvalue weighted by Crippen LogP contribution is 2.30. The Hall–Kier alpha value is -2.73. The van der Waals surface area contributed by atoms with Crippen LogP contribution in [0.1, 0.15) is 12.0 Å². The lowest BCUT2D eigenvalue weighted by Gasteiger charge is -2.22. The number of ether oxygens (including phenoxy) is 2. The Balaban J connectivity index is 1.39. The summed E-state index contributed by atoms with van der Waals surface area (Å²) in [6.07, 6.45) is 1.06. The van der Waals surface area contributed by atoms with E-state index in [1.807, 2.05) is 30.3 Å². The number of nitrogens with zero attached hydrogens (tertiary/aromatic N) is 2. The molecule has 0 radical (unpaired) electrons. The van der Waals surface area contributed by atoms with E-state index in [1.165, 1.54) is 5.56 Å². The van der Waals surface area contributed by atoms with Gasteiger partial charge in [0.05, 0.1) is 26.0 Å². The summed E-state index contributed by atoms with van der Waals surface area (Å²) >= 11 is 0. The van der Waals surface area contributed by atoms with Gasteiger partial charge in [-0.25, -0.2) is 0 Å². The highest BCUT2D eigenvalue weighted by molar-refractivity contribution is 5.80. The molecule has 1 fully saturated rings. The lowest BCUT2D eigenvalue weighted by molar-refractivity contribution is 0.125. The van der Waals surface area contributed by atoms with Gasteiger partial charge in [0.15, 0.2) is 5.96 Å². The van der Waals surface area contributed by atoms with E-state index in [-0.39, 0.29) is 0 Å². The third kappa shape index (κ3) is 5.63. The topological polar surface area (TPSA) is 58.1 Å². The number of nitrogens with one attached hydrogen (secondary N) is 2. The third-order valence-electron chi connectivity index (χ3n) is 4.83. The molecule has 0 spiro atoms. The molecule has 0 aliphatic carbocycles. The number of hydrogen-bond donors (Lipinski definition) is 2. The predicted octanol–water partition coefficient (Wildman–Crippen LogP) is 2.66. The van der Waals surface area contributed by atoms with Crippen molar-refractivity contribution in [3.8, 4) is 5.75 Å². The Kier molecular flexibility index (Phi) is 7.55. The summed E-state index contributed by atoms with van der Waals surface area (Å²) in [7, 11) is 3.52. The molecule has 1 aliphatic heterocycles. The first-order valence-corrected chi connectivity index (χ1v) is 9.77. The van der Waals surface area contributed by atoms with Crippen molar-refractivity contribution in [3.05, 3.63) is 60.2 Å². The normalized spacial score (nSPS) is 16.9. The van der Waals surface area contributed by atoms with Gasteiger partial charge < -0.3 is 25.0 Å². The van der Waals surface area contributed by atoms with E-state index in [0.717, 1.165) is 43.5 Å². The third-order valence-corrected chi connectivity index (χ3v) is 4.83. The van der Waals surface area contributed by atoms with E-state index in [9.17, 15) is 0 Å². The molecule has 0 amide bonds. The number of methoxy groups -OCH3 is 1. The van der Waals surface area contributed by atoms with Crippen LogP contribution in [-0.4, -0.2) is 52.4 Å². The van der Waals surface area contributed by atoms with Crippen LogP contribution < -0.4 is 20.3 Å². The van der Waals surface area contributed by atoms with E-state index in [2.05, 4.69) is 44.8 Å². The van der Waals surface area contributed by atoms with Gasteiger partial charge in [-0.15, -0.1) is 0 Å². The van der Waals surface area contributed by atoms with Crippen molar-refractivity contribution in [3.63, 3.8) is 0 Å². The lowest BCUT2D eigenvalue weighted by atomic mass is 10.2. The molecule has 2 aromatic rings. The van der Waals surface area contributed by atoms with Crippen molar-refractivity contribution in [1.29, 1.82) is 0 Å². The van der Waals surface area contributed by atoms with Crippen LogP contribution in [0.15, 0.2) is 59.6 Å². The molecule has 0 bridgehead atoms. The van der Waals surface area contributed by atoms with E-state index < -0.39 is 0 Å². The molecule has 6 nitrogen and oxygen atoms in total. The number of rotatable bonds is 8. The Bertz CT molecular complexity index is 751. The van der Waals surface area contributed by atoms with Gasteiger partial charge in [-0.1, -0.05) is 42.5 Å². The second-order valence-corrected chi connectivity index (χ2v) is 6.78. The molecule has 28 heavy (non-hydrogen) atoms. The van der Waals surface area contributed by atoms with E-state index in [1.54, 1.807) is 14.2 Å². The molecular formula is C22H30N4O2. The van der Waals surface area contributed by atoms with Crippen molar-refractivity contribution in [1.82, 2.24) is 10.6 Å². The molecule has 0 aromatic heterocycles. The van der Waals surface area contributed by atoms with Crippen molar-refractivity contribution in [2.24, 2.45) is 4.99 Å². The quantitative estimate of drug-likeness (QED) is 0.418. The minimum Gasteiger partial charge on any atom is -0.495 e. The Morgan fingerprint density at radius 3 is 2.71 bits per heavy atom. The minimum atomic E-state index is 0.348. The minimum absolute atomic E-state index is 0.348. The predicted molar refractivity (Wildman–Crippen MR) is 114 cm³/mol. The van der Waals surface area contributed by atoms with E-state index in [4.69, 9.17) is 9.47 Å². The average Bonchev–Trinajstić information content (AvgIpc) is 3.21. The molecule has 3 rings (SSSR count). The Morgan fingerprint density at radius 1 is 1.14 bits per heavy atom. The largest absolute Gasteiger partial charge is 0.495 e. The molecule has 1 heterocycles. The monoisotopic (exact) mass is 382 g/mol. The van der Waals surface area contributed by atoms with Crippen LogP contribution in [0.4, 0.5) is 5.69 Å². The molecule has 1 atom stereocenters. The van der Waals surface area contributed by atoms with Crippen LogP contribution >= 0.6 is 0 Å². The summed E-state index contributed by atoms with van der Waals surface area (Å²) < 4.78 is 11.2. The van der Waals surface area contributed by atoms with Crippen LogP contribution in [0, 0.1) is 0 Å². The summed E-state index contributed by atoms with van der Waals surface area (Å²) in [5, 5.41) is 6.84. The summed E-state index contributed by atoms with van der Waals surface area (Å²) in [6, 6.07) is 18.7. The van der Waals surface area contributed by atoms with Crippen molar-refractivity contribution < 1.29 is 9.47 Å². The number of para-hydroxylation sites is 2. The van der Waals surface area contributed by atoms with Gasteiger partial charge >= 0.3 is 0 Å². The van der Waals surface area contributed by atoms with Gasteiger partial charge in [0, 0.05) is 32.7 Å². The van der Waals surface area contributed by atoms with Crippen LogP contribution in [0.25, 0.3) is 0 Å². The lowest BCUT2D eigenvalue weighted by Crippen LogP contribution is -2.45. The van der Waals surface area contributed by atoms with Gasteiger partial charge in [-0.3, -0.25) is 4.99 Å². The van der Waals surface area contributed by atoms with Crippen LogP contribution in [-0.2, 0) is 11.3 Å². The maximum atomic E-state index is 5.72. The van der Waals surface area contributed by atoms with Gasteiger partial charge in [0.1, 0.15) is 5.75 Å². The van der Waals surface area contributed by atoms with Crippen LogP contribution in [0.2, 0.25) is 0 Å². The maximum absolute atomic E-state index is 5.72. The molecule has 2 N–H and O–H groups in total. The zero-order chi connectivity index (χ0) is 19.6. The fourth-order valence-electron chi connectivity index (χ4n) is 3.38. The number of aliphatic imine (C=N–C) groups is 1. The second-order valence-electron chi connectivity index (χ2n) is 6.78. The second kappa shape index (κ2) is 10.6. The summed E-state index contributed by atoms with van der Waals surface area (Å²) in [5.74, 6) is 1.73. The number of hydrogen-bond acceptors (Lipinski definition) is 4. The summed E-state index contributed by atoms with van der Waals surface area (Å²) in [5.41, 5.74) is 2.33. The zero-order valence-corrected chi connectivity index (χ0v) is 16.7. The van der Waals surface area contributed by atoms with Gasteiger partial charge in [0.2, 0.25) is 0 Å². The molecule has 150 valence electrons. The number of guanidine groups is 1. The standard InChI is InChI=1S/C22H30N4O2/c1-23-22(24-13-15-28-17-18-8-4-3-5-9-18)25-19-12-14-26(16-19)20-10-6-7-11-21(20)27-2/h3-11,19H,12-17H2,1-2H3,(H2,23,24,25). The molecule has 6 heteroatoms. The fourth-order valence-corrected chi connectivity index (χ4v) is 3.38. The smallest absolute Gasteiger partial charge is 0.191 e. The summed E-state index contributed by atoms with van der Waals surface area (Å²) in [6.45, 7) is 3.90. The van der Waals surface area contributed by atoms with Gasteiger partial charge in [-0.2, -0.15) is 0 Å². The SMILES string of the molecule is CN=C(NCCOCc1ccccc1)NC1CCN(c2ccccc2OC)C1. The van der Waals surface area contributed by atoms with Crippen LogP contribution in [0.5, 0.6) is 5.75 Å². The van der Waals surface area contributed by atoms with Crippen LogP contribution in [0.3, 0.4) is 0 Å². The highest BCUT2D eigenvalue weighted by atomic mass is 16.5. The number of benzene rings is 2. The average molecular weight is 383 g/mol.